The second-order valence-electron chi connectivity index (χ2n) is 7.55. The Balaban J connectivity index is 1.61. The normalized spacial score (nSPS) is 10.9. The smallest absolute Gasteiger partial charge is 0.293 e. The van der Waals surface area contributed by atoms with E-state index < -0.39 is 17.6 Å². The molecule has 36 heavy (non-hydrogen) atoms. The van der Waals surface area contributed by atoms with E-state index in [2.05, 4.69) is 10.6 Å². The Morgan fingerprint density at radius 3 is 2.28 bits per heavy atom. The summed E-state index contributed by atoms with van der Waals surface area (Å²) in [5, 5.41) is 5.84. The van der Waals surface area contributed by atoms with Gasteiger partial charge in [0.25, 0.3) is 5.91 Å². The molecule has 8 nitrogen and oxygen atoms in total. The first kappa shape index (κ1) is 24.3. The van der Waals surface area contributed by atoms with Gasteiger partial charge in [-0.15, -0.1) is 0 Å². The number of halogens is 1. The molecule has 0 fully saturated rings. The summed E-state index contributed by atoms with van der Waals surface area (Å²) in [4.78, 5) is 25.8. The summed E-state index contributed by atoms with van der Waals surface area (Å²) in [6.45, 7) is 0. The van der Waals surface area contributed by atoms with Crippen LogP contribution in [-0.4, -0.2) is 33.1 Å². The SMILES string of the molecule is COc1cc(C=CC(=O)Nc2c(C(=O)Nc3cccc(F)c3)oc3ccccc23)cc(OC)c1OC. The average molecular weight is 490 g/mol. The first-order valence-electron chi connectivity index (χ1n) is 10.8. The molecular formula is C27H23FN2O6. The van der Waals surface area contributed by atoms with E-state index in [0.29, 0.717) is 33.8 Å². The quantitative estimate of drug-likeness (QED) is 0.317. The molecule has 184 valence electrons. The lowest BCUT2D eigenvalue weighted by molar-refractivity contribution is -0.111. The summed E-state index contributed by atoms with van der Waals surface area (Å²) in [5.41, 5.74) is 1.48. The number of para-hydroxylation sites is 1. The monoisotopic (exact) mass is 490 g/mol. The van der Waals surface area contributed by atoms with Crippen LogP contribution in [0.2, 0.25) is 0 Å². The average Bonchev–Trinajstić information content (AvgIpc) is 3.25. The minimum atomic E-state index is -0.638. The van der Waals surface area contributed by atoms with Gasteiger partial charge in [0.1, 0.15) is 17.1 Å². The topological polar surface area (TPSA) is 99.0 Å². The molecule has 0 unspecified atom stereocenters. The van der Waals surface area contributed by atoms with Gasteiger partial charge in [-0.3, -0.25) is 9.59 Å². The minimum Gasteiger partial charge on any atom is -0.493 e. The van der Waals surface area contributed by atoms with Crippen LogP contribution in [0.3, 0.4) is 0 Å². The fourth-order valence-corrected chi connectivity index (χ4v) is 3.62. The molecule has 1 heterocycles. The van der Waals surface area contributed by atoms with Crippen LogP contribution in [0.15, 0.2) is 71.2 Å². The molecule has 0 aliphatic carbocycles. The Hall–Kier alpha value is -4.79. The van der Waals surface area contributed by atoms with Gasteiger partial charge in [0.15, 0.2) is 11.5 Å². The number of carbonyl (C=O) groups is 2. The fraction of sp³-hybridized carbons (Fsp3) is 0.111. The molecule has 0 saturated heterocycles. The van der Waals surface area contributed by atoms with Gasteiger partial charge < -0.3 is 29.3 Å². The minimum absolute atomic E-state index is 0.116. The summed E-state index contributed by atoms with van der Waals surface area (Å²) in [7, 11) is 4.50. The maximum absolute atomic E-state index is 13.5. The number of nitrogens with one attached hydrogen (secondary N) is 2. The molecule has 0 aliphatic heterocycles. The summed E-state index contributed by atoms with van der Waals surface area (Å²) in [6, 6.07) is 15.7. The van der Waals surface area contributed by atoms with E-state index >= 15 is 0 Å². The molecule has 4 rings (SSSR count). The zero-order chi connectivity index (χ0) is 25.7. The van der Waals surface area contributed by atoms with Crippen molar-refractivity contribution in [2.24, 2.45) is 0 Å². The van der Waals surface area contributed by atoms with Crippen molar-refractivity contribution < 1.29 is 32.6 Å². The molecular weight excluding hydrogens is 467 g/mol. The molecule has 0 aliphatic rings. The van der Waals surface area contributed by atoms with Gasteiger partial charge in [-0.1, -0.05) is 18.2 Å². The van der Waals surface area contributed by atoms with Gasteiger partial charge in [0, 0.05) is 17.1 Å². The first-order chi connectivity index (χ1) is 17.4. The Morgan fingerprint density at radius 1 is 0.889 bits per heavy atom. The van der Waals surface area contributed by atoms with Gasteiger partial charge in [-0.2, -0.15) is 0 Å². The van der Waals surface area contributed by atoms with E-state index in [9.17, 15) is 14.0 Å². The predicted octanol–water partition coefficient (Wildman–Crippen LogP) is 5.50. The zero-order valence-corrected chi connectivity index (χ0v) is 19.8. The summed E-state index contributed by atoms with van der Waals surface area (Å²) >= 11 is 0. The summed E-state index contributed by atoms with van der Waals surface area (Å²) in [6.07, 6.45) is 2.87. The third kappa shape index (κ3) is 5.15. The highest BCUT2D eigenvalue weighted by molar-refractivity contribution is 6.16. The third-order valence-electron chi connectivity index (χ3n) is 5.25. The van der Waals surface area contributed by atoms with E-state index in [1.54, 1.807) is 48.5 Å². The van der Waals surface area contributed by atoms with Gasteiger partial charge in [-0.05, 0) is 54.1 Å². The van der Waals surface area contributed by atoms with Crippen LogP contribution in [0.5, 0.6) is 17.2 Å². The van der Waals surface area contributed by atoms with E-state index in [-0.39, 0.29) is 17.1 Å². The van der Waals surface area contributed by atoms with Crippen molar-refractivity contribution in [2.75, 3.05) is 32.0 Å². The number of methoxy groups -OCH3 is 3. The van der Waals surface area contributed by atoms with E-state index in [4.69, 9.17) is 18.6 Å². The lowest BCUT2D eigenvalue weighted by atomic mass is 10.1. The molecule has 9 heteroatoms. The number of hydrogen-bond acceptors (Lipinski definition) is 6. The largest absolute Gasteiger partial charge is 0.493 e. The Labute approximate surface area is 206 Å². The Bertz CT molecular complexity index is 1430. The van der Waals surface area contributed by atoms with Crippen LogP contribution in [0.4, 0.5) is 15.8 Å². The van der Waals surface area contributed by atoms with Gasteiger partial charge in [0.05, 0.1) is 21.3 Å². The number of benzene rings is 3. The molecule has 4 aromatic rings. The van der Waals surface area contributed by atoms with Crippen LogP contribution < -0.4 is 24.8 Å². The van der Waals surface area contributed by atoms with Crippen LogP contribution in [0, 0.1) is 5.82 Å². The van der Waals surface area contributed by atoms with E-state index in [1.165, 1.54) is 45.6 Å². The van der Waals surface area contributed by atoms with Crippen molar-refractivity contribution in [1.29, 1.82) is 0 Å². The first-order valence-corrected chi connectivity index (χ1v) is 10.8. The molecule has 1 aromatic heterocycles. The van der Waals surface area contributed by atoms with E-state index in [0.717, 1.165) is 0 Å². The van der Waals surface area contributed by atoms with Crippen molar-refractivity contribution in [1.82, 2.24) is 0 Å². The summed E-state index contributed by atoms with van der Waals surface area (Å²) < 4.78 is 35.2. The molecule has 0 radical (unpaired) electrons. The maximum atomic E-state index is 13.5. The molecule has 0 saturated carbocycles. The third-order valence-corrected chi connectivity index (χ3v) is 5.25. The van der Waals surface area contributed by atoms with Gasteiger partial charge in [-0.25, -0.2) is 4.39 Å². The van der Waals surface area contributed by atoms with Gasteiger partial charge >= 0.3 is 0 Å². The van der Waals surface area contributed by atoms with Crippen molar-refractivity contribution in [3.8, 4) is 17.2 Å². The number of rotatable bonds is 8. The number of carbonyl (C=O) groups excluding carboxylic acids is 2. The molecule has 2 N–H and O–H groups in total. The molecule has 0 bridgehead atoms. The Kier molecular flexibility index (Phi) is 7.20. The van der Waals surface area contributed by atoms with Crippen LogP contribution in [0.25, 0.3) is 17.0 Å². The fourth-order valence-electron chi connectivity index (χ4n) is 3.62. The molecule has 0 spiro atoms. The maximum Gasteiger partial charge on any atom is 0.293 e. The van der Waals surface area contributed by atoms with Gasteiger partial charge in [0.2, 0.25) is 17.4 Å². The van der Waals surface area contributed by atoms with Crippen molar-refractivity contribution in [3.63, 3.8) is 0 Å². The highest BCUT2D eigenvalue weighted by Gasteiger charge is 2.22. The number of ether oxygens (including phenoxy) is 3. The number of fused-ring (bicyclic) bond motifs is 1. The highest BCUT2D eigenvalue weighted by atomic mass is 19.1. The zero-order valence-electron chi connectivity index (χ0n) is 19.8. The van der Waals surface area contributed by atoms with Crippen LogP contribution >= 0.6 is 0 Å². The standard InChI is InChI=1S/C27H23FN2O6/c1-33-21-13-16(14-22(34-2)25(21)35-3)11-12-23(31)30-24-19-9-4-5-10-20(19)36-26(24)27(32)29-18-8-6-7-17(28)15-18/h4-15H,1-3H3,(H,29,32)(H,30,31). The number of anilines is 2. The van der Waals surface area contributed by atoms with Crippen molar-refractivity contribution in [2.45, 2.75) is 0 Å². The Morgan fingerprint density at radius 2 is 1.61 bits per heavy atom. The number of furan rings is 1. The lowest BCUT2D eigenvalue weighted by Crippen LogP contribution is -2.15. The summed E-state index contributed by atoms with van der Waals surface area (Å²) in [5.74, 6) is -0.447. The van der Waals surface area contributed by atoms with Crippen molar-refractivity contribution in [3.05, 3.63) is 83.9 Å². The highest BCUT2D eigenvalue weighted by Crippen LogP contribution is 2.38. The van der Waals surface area contributed by atoms with Crippen LogP contribution in [-0.2, 0) is 4.79 Å². The second-order valence-corrected chi connectivity index (χ2v) is 7.55. The molecule has 2 amide bonds. The second kappa shape index (κ2) is 10.6. The lowest BCUT2D eigenvalue weighted by Gasteiger charge is -2.12. The van der Waals surface area contributed by atoms with E-state index in [1.807, 2.05) is 0 Å². The molecule has 3 aromatic carbocycles. The number of hydrogen-bond donors (Lipinski definition) is 2. The van der Waals surface area contributed by atoms with Crippen LogP contribution in [0.1, 0.15) is 16.1 Å². The predicted molar refractivity (Wildman–Crippen MR) is 134 cm³/mol. The van der Waals surface area contributed by atoms with Crippen molar-refractivity contribution >= 4 is 40.2 Å². The number of amides is 2. The molecule has 0 atom stereocenters.